The van der Waals surface area contributed by atoms with Crippen LogP contribution in [0.15, 0.2) is 24.3 Å². The summed E-state index contributed by atoms with van der Waals surface area (Å²) in [5.74, 6) is 0.880. The van der Waals surface area contributed by atoms with Crippen LogP contribution in [0, 0.1) is 6.07 Å². The molecular formula is C9H9O. The largest absolute Gasteiger partial charge is 0.490 e. The highest BCUT2D eigenvalue weighted by atomic mass is 16.5. The summed E-state index contributed by atoms with van der Waals surface area (Å²) in [6, 6.07) is 10.7. The van der Waals surface area contributed by atoms with Crippen molar-refractivity contribution in [3.8, 4) is 5.75 Å². The smallest absolute Gasteiger partial charge is 0.127 e. The van der Waals surface area contributed by atoms with E-state index in [0.717, 1.165) is 5.75 Å². The SMILES string of the molecule is [c]1ccccc1OC1CC1. The van der Waals surface area contributed by atoms with Crippen LogP contribution in [0.4, 0.5) is 0 Å². The fourth-order valence-corrected chi connectivity index (χ4v) is 0.816. The van der Waals surface area contributed by atoms with Crippen LogP contribution in [0.1, 0.15) is 12.8 Å². The molecule has 1 aromatic carbocycles. The van der Waals surface area contributed by atoms with Crippen LogP contribution in [0.2, 0.25) is 0 Å². The molecule has 1 heteroatoms. The predicted molar refractivity (Wildman–Crippen MR) is 38.9 cm³/mol. The van der Waals surface area contributed by atoms with Gasteiger partial charge in [-0.1, -0.05) is 18.2 Å². The van der Waals surface area contributed by atoms with Crippen molar-refractivity contribution in [2.45, 2.75) is 18.9 Å². The van der Waals surface area contributed by atoms with E-state index in [9.17, 15) is 0 Å². The minimum absolute atomic E-state index is 0.485. The van der Waals surface area contributed by atoms with E-state index in [2.05, 4.69) is 6.07 Å². The Labute approximate surface area is 60.6 Å². The molecule has 1 aliphatic carbocycles. The van der Waals surface area contributed by atoms with Crippen molar-refractivity contribution in [3.63, 3.8) is 0 Å². The average molecular weight is 133 g/mol. The fraction of sp³-hybridized carbons (Fsp3) is 0.333. The van der Waals surface area contributed by atoms with Gasteiger partial charge in [0.15, 0.2) is 0 Å². The minimum Gasteiger partial charge on any atom is -0.490 e. The first-order valence-electron chi connectivity index (χ1n) is 3.58. The molecule has 0 heterocycles. The third-order valence-electron chi connectivity index (χ3n) is 1.50. The Morgan fingerprint density at radius 3 is 2.90 bits per heavy atom. The molecular weight excluding hydrogens is 124 g/mol. The fourth-order valence-electron chi connectivity index (χ4n) is 0.816. The Balaban J connectivity index is 2.03. The van der Waals surface area contributed by atoms with E-state index in [4.69, 9.17) is 4.74 Å². The molecule has 1 saturated carbocycles. The number of ether oxygens (including phenoxy) is 1. The quantitative estimate of drug-likeness (QED) is 0.599. The average Bonchev–Trinajstić information content (AvgIpc) is 2.74. The summed E-state index contributed by atoms with van der Waals surface area (Å²) in [6.45, 7) is 0. The first-order valence-corrected chi connectivity index (χ1v) is 3.58. The van der Waals surface area contributed by atoms with Crippen LogP contribution in [0.3, 0.4) is 0 Å². The Morgan fingerprint density at radius 2 is 2.30 bits per heavy atom. The molecule has 1 fully saturated rings. The standard InChI is InChI=1S/C9H9O/c1-2-4-8(5-3-1)10-9-6-7-9/h1-4,9H,6-7H2. The van der Waals surface area contributed by atoms with Crippen molar-refractivity contribution in [1.82, 2.24) is 0 Å². The zero-order chi connectivity index (χ0) is 6.81. The number of benzene rings is 1. The Kier molecular flexibility index (Phi) is 1.35. The van der Waals surface area contributed by atoms with Gasteiger partial charge >= 0.3 is 0 Å². The number of para-hydroxylation sites is 1. The molecule has 1 aliphatic rings. The molecule has 0 N–H and O–H groups in total. The monoisotopic (exact) mass is 133 g/mol. The second-order valence-electron chi connectivity index (χ2n) is 2.54. The van der Waals surface area contributed by atoms with Gasteiger partial charge in [-0.2, -0.15) is 0 Å². The normalized spacial score (nSPS) is 16.8. The second kappa shape index (κ2) is 2.33. The lowest BCUT2D eigenvalue weighted by Crippen LogP contribution is -1.94. The molecule has 0 unspecified atom stereocenters. The van der Waals surface area contributed by atoms with E-state index >= 15 is 0 Å². The third kappa shape index (κ3) is 1.29. The molecule has 1 nitrogen and oxygen atoms in total. The topological polar surface area (TPSA) is 9.23 Å². The minimum atomic E-state index is 0.485. The van der Waals surface area contributed by atoms with E-state index < -0.39 is 0 Å². The summed E-state index contributed by atoms with van der Waals surface area (Å²) in [5, 5.41) is 0. The maximum absolute atomic E-state index is 5.47. The van der Waals surface area contributed by atoms with Gasteiger partial charge < -0.3 is 4.74 Å². The summed E-state index contributed by atoms with van der Waals surface area (Å²) < 4.78 is 5.47. The van der Waals surface area contributed by atoms with Crippen LogP contribution in [0.25, 0.3) is 0 Å². The van der Waals surface area contributed by atoms with Gasteiger partial charge in [-0.05, 0) is 18.9 Å². The van der Waals surface area contributed by atoms with Gasteiger partial charge in [0.1, 0.15) is 5.75 Å². The maximum Gasteiger partial charge on any atom is 0.127 e. The Morgan fingerprint density at radius 1 is 1.40 bits per heavy atom. The number of rotatable bonds is 2. The van der Waals surface area contributed by atoms with Crippen molar-refractivity contribution < 1.29 is 4.74 Å². The lowest BCUT2D eigenvalue weighted by molar-refractivity contribution is 0.302. The first-order chi connectivity index (χ1) is 4.95. The lowest BCUT2D eigenvalue weighted by atomic mass is 10.3. The van der Waals surface area contributed by atoms with Crippen molar-refractivity contribution >= 4 is 0 Å². The molecule has 0 aliphatic heterocycles. The highest BCUT2D eigenvalue weighted by Gasteiger charge is 2.23. The van der Waals surface area contributed by atoms with E-state index in [0.29, 0.717) is 6.10 Å². The molecule has 0 atom stereocenters. The van der Waals surface area contributed by atoms with Crippen LogP contribution >= 0.6 is 0 Å². The number of hydrogen-bond acceptors (Lipinski definition) is 1. The van der Waals surface area contributed by atoms with Crippen molar-refractivity contribution in [2.75, 3.05) is 0 Å². The molecule has 0 bridgehead atoms. The Bertz CT molecular complexity index is 201. The van der Waals surface area contributed by atoms with Crippen molar-refractivity contribution in [2.24, 2.45) is 0 Å². The van der Waals surface area contributed by atoms with Crippen LogP contribution in [0.5, 0.6) is 5.75 Å². The molecule has 2 rings (SSSR count). The zero-order valence-corrected chi connectivity index (χ0v) is 5.71. The zero-order valence-electron chi connectivity index (χ0n) is 5.71. The molecule has 0 aromatic heterocycles. The molecule has 10 heavy (non-hydrogen) atoms. The van der Waals surface area contributed by atoms with Gasteiger partial charge in [0.2, 0.25) is 0 Å². The summed E-state index contributed by atoms with van der Waals surface area (Å²) in [6.07, 6.45) is 2.91. The summed E-state index contributed by atoms with van der Waals surface area (Å²) in [7, 11) is 0. The molecule has 0 spiro atoms. The lowest BCUT2D eigenvalue weighted by Gasteiger charge is -2.00. The van der Waals surface area contributed by atoms with Gasteiger partial charge in [0.05, 0.1) is 6.10 Å². The van der Waals surface area contributed by atoms with Crippen LogP contribution < -0.4 is 4.74 Å². The van der Waals surface area contributed by atoms with Gasteiger partial charge in [-0.25, -0.2) is 0 Å². The van der Waals surface area contributed by atoms with Gasteiger partial charge in [-0.15, -0.1) is 0 Å². The summed E-state index contributed by atoms with van der Waals surface area (Å²) in [4.78, 5) is 0. The summed E-state index contributed by atoms with van der Waals surface area (Å²) >= 11 is 0. The molecule has 0 saturated heterocycles. The highest BCUT2D eigenvalue weighted by molar-refractivity contribution is 5.20. The van der Waals surface area contributed by atoms with Gasteiger partial charge in [-0.3, -0.25) is 0 Å². The van der Waals surface area contributed by atoms with E-state index in [-0.39, 0.29) is 0 Å². The molecule has 1 aromatic rings. The van der Waals surface area contributed by atoms with E-state index in [1.807, 2.05) is 24.3 Å². The van der Waals surface area contributed by atoms with Gasteiger partial charge in [0.25, 0.3) is 0 Å². The van der Waals surface area contributed by atoms with E-state index in [1.54, 1.807) is 0 Å². The van der Waals surface area contributed by atoms with Gasteiger partial charge in [0, 0.05) is 6.07 Å². The number of hydrogen-bond donors (Lipinski definition) is 0. The predicted octanol–water partition coefficient (Wildman–Crippen LogP) is 2.03. The van der Waals surface area contributed by atoms with E-state index in [1.165, 1.54) is 12.8 Å². The Hall–Kier alpha value is -0.980. The summed E-state index contributed by atoms with van der Waals surface area (Å²) in [5.41, 5.74) is 0. The molecule has 1 radical (unpaired) electrons. The second-order valence-corrected chi connectivity index (χ2v) is 2.54. The van der Waals surface area contributed by atoms with Crippen molar-refractivity contribution in [3.05, 3.63) is 30.3 Å². The van der Waals surface area contributed by atoms with Crippen molar-refractivity contribution in [1.29, 1.82) is 0 Å². The van der Waals surface area contributed by atoms with Crippen LogP contribution in [-0.4, -0.2) is 6.10 Å². The highest BCUT2D eigenvalue weighted by Crippen LogP contribution is 2.25. The molecule has 51 valence electrons. The molecule has 0 amide bonds. The van der Waals surface area contributed by atoms with Crippen LogP contribution in [-0.2, 0) is 0 Å². The third-order valence-corrected chi connectivity index (χ3v) is 1.50. The maximum atomic E-state index is 5.47. The first kappa shape index (κ1) is 5.78.